The van der Waals surface area contributed by atoms with Gasteiger partial charge in [-0.15, -0.1) is 23.2 Å². The van der Waals surface area contributed by atoms with Crippen molar-refractivity contribution in [3.63, 3.8) is 0 Å². The van der Waals surface area contributed by atoms with Gasteiger partial charge in [-0.3, -0.25) is 0 Å². The first-order chi connectivity index (χ1) is 33.1. The van der Waals surface area contributed by atoms with Crippen molar-refractivity contribution in [3.8, 4) is 35.1 Å². The fourth-order valence-electron chi connectivity index (χ4n) is 7.26. The molecule has 0 bridgehead atoms. The molecule has 0 amide bonds. The molecule has 0 aliphatic rings. The number of benzene rings is 4. The number of alkyl halides is 2. The van der Waals surface area contributed by atoms with Gasteiger partial charge in [0.1, 0.15) is 74.0 Å². The summed E-state index contributed by atoms with van der Waals surface area (Å²) in [5.74, 6) is 1.33. The van der Waals surface area contributed by atoms with Crippen molar-refractivity contribution in [2.75, 3.05) is 40.5 Å². The molecule has 0 saturated carbocycles. The van der Waals surface area contributed by atoms with E-state index >= 15 is 0 Å². The summed E-state index contributed by atoms with van der Waals surface area (Å²) in [6.07, 6.45) is 3.78. The molecule has 6 rings (SSSR count). The molecular formula is C48H48Cl4N6O10S2. The van der Waals surface area contributed by atoms with Crippen LogP contribution in [-0.4, -0.2) is 63.3 Å². The Morgan fingerprint density at radius 1 is 0.743 bits per heavy atom. The molecule has 22 heteroatoms. The van der Waals surface area contributed by atoms with Crippen molar-refractivity contribution >= 4 is 78.5 Å². The quantitative estimate of drug-likeness (QED) is 0.0569. The average Bonchev–Trinajstić information content (AvgIpc) is 3.96. The number of anilines is 2. The zero-order chi connectivity index (χ0) is 51.0. The van der Waals surface area contributed by atoms with E-state index in [0.29, 0.717) is 34.0 Å². The fourth-order valence-corrected chi connectivity index (χ4v) is 8.87. The number of nitrogens with zero attached hydrogens (tertiary/aromatic N) is 4. The van der Waals surface area contributed by atoms with Crippen molar-refractivity contribution in [1.82, 2.24) is 9.97 Å². The van der Waals surface area contributed by atoms with Crippen LogP contribution in [-0.2, 0) is 50.5 Å². The first-order valence-electron chi connectivity index (χ1n) is 21.4. The summed E-state index contributed by atoms with van der Waals surface area (Å²) >= 11 is 25.8. The Balaban J connectivity index is 1.46. The Kier molecular flexibility index (Phi) is 17.2. The highest BCUT2D eigenvalue weighted by Crippen LogP contribution is 2.45. The van der Waals surface area contributed by atoms with Crippen molar-refractivity contribution in [1.29, 1.82) is 10.5 Å². The third kappa shape index (κ3) is 13.3. The molecule has 0 spiro atoms. The van der Waals surface area contributed by atoms with Gasteiger partial charge in [0.05, 0.1) is 44.4 Å². The maximum absolute atomic E-state index is 12.2. The molecule has 0 fully saturated rings. The maximum Gasteiger partial charge on any atom is 0.308 e. The van der Waals surface area contributed by atoms with Crippen LogP contribution in [0.15, 0.2) is 88.1 Å². The molecule has 16 nitrogen and oxygen atoms in total. The Bertz CT molecular complexity index is 3150. The van der Waals surface area contributed by atoms with E-state index < -0.39 is 30.9 Å². The van der Waals surface area contributed by atoms with E-state index in [2.05, 4.69) is 31.6 Å². The van der Waals surface area contributed by atoms with Gasteiger partial charge in [0, 0.05) is 10.8 Å². The second-order valence-electron chi connectivity index (χ2n) is 16.7. The van der Waals surface area contributed by atoms with E-state index in [1.807, 2.05) is 51.1 Å². The zero-order valence-corrected chi connectivity index (χ0v) is 43.4. The number of halogens is 4. The van der Waals surface area contributed by atoms with Gasteiger partial charge in [0.2, 0.25) is 20.0 Å². The number of ether oxygens (including phenoxy) is 4. The predicted octanol–water partition coefficient (Wildman–Crippen LogP) is 10.5. The highest BCUT2D eigenvalue weighted by molar-refractivity contribution is 7.92. The molecule has 6 aromatic rings. The third-order valence-electron chi connectivity index (χ3n) is 11.0. The minimum absolute atomic E-state index is 0.0416. The lowest BCUT2D eigenvalue weighted by Crippen LogP contribution is -2.28. The van der Waals surface area contributed by atoms with Crippen molar-refractivity contribution in [3.05, 3.63) is 140 Å². The van der Waals surface area contributed by atoms with Gasteiger partial charge in [-0.25, -0.2) is 26.3 Å². The molecule has 0 radical (unpaired) electrons. The molecule has 0 aliphatic heterocycles. The summed E-state index contributed by atoms with van der Waals surface area (Å²) in [5, 5.41) is 20.7. The monoisotopic (exact) mass is 1070 g/mol. The minimum Gasteiger partial charge on any atom is -0.489 e. The Labute approximate surface area is 426 Å². The molecule has 4 aromatic carbocycles. The zero-order valence-electron chi connectivity index (χ0n) is 38.7. The van der Waals surface area contributed by atoms with E-state index in [1.54, 1.807) is 43.3 Å². The van der Waals surface area contributed by atoms with Crippen LogP contribution in [0.1, 0.15) is 85.0 Å². The lowest BCUT2D eigenvalue weighted by molar-refractivity contribution is 0.295. The van der Waals surface area contributed by atoms with Crippen molar-refractivity contribution in [2.24, 2.45) is 0 Å². The van der Waals surface area contributed by atoms with Crippen LogP contribution in [0.25, 0.3) is 0 Å². The van der Waals surface area contributed by atoms with Crippen LogP contribution in [0.3, 0.4) is 0 Å². The van der Waals surface area contributed by atoms with E-state index in [9.17, 15) is 27.4 Å². The van der Waals surface area contributed by atoms with Gasteiger partial charge in [0.25, 0.3) is 0 Å². The Morgan fingerprint density at radius 3 is 1.87 bits per heavy atom. The van der Waals surface area contributed by atoms with E-state index in [1.165, 1.54) is 19.5 Å². The van der Waals surface area contributed by atoms with Crippen LogP contribution >= 0.6 is 46.4 Å². The molecule has 2 unspecified atom stereocenters. The maximum atomic E-state index is 12.2. The molecule has 70 heavy (non-hydrogen) atoms. The molecule has 370 valence electrons. The second-order valence-corrected chi connectivity index (χ2v) is 22.4. The number of sulfonamides is 2. The largest absolute Gasteiger partial charge is 0.489 e. The van der Waals surface area contributed by atoms with Crippen molar-refractivity contribution < 1.29 is 44.6 Å². The van der Waals surface area contributed by atoms with Crippen LogP contribution in [0.2, 0.25) is 10.0 Å². The average molecular weight is 1070 g/mol. The van der Waals surface area contributed by atoms with E-state index in [4.69, 9.17) is 74.2 Å². The summed E-state index contributed by atoms with van der Waals surface area (Å²) in [6.45, 7) is 9.32. The standard InChI is InChI=1S/C48H48Cl4N6O10S2/c1-7-70(61,62)58-46-56-38(28-68-46)26-65-42-13-10-34(47(3,4)35-17-31(22-53)43(40(51)19-35)63-15-14-49)16-30(42)21-48(5,36-18-32(23-54)44(41(52)20-36)66-24-29(2)50)33-8-11-39(12-9-33)64-25-37-27-67-45(55-37)57-69(6,59)60/h8-13,16-20,27-29H,7,14-15,21,24-26H2,1-6H3,(H,55,57)(H,56,58). The number of nitriles is 2. The van der Waals surface area contributed by atoms with E-state index in [-0.39, 0.29) is 94.6 Å². The van der Waals surface area contributed by atoms with Crippen LogP contribution in [0.4, 0.5) is 12.0 Å². The Hall–Kier alpha value is -5.86. The molecule has 0 saturated heterocycles. The van der Waals surface area contributed by atoms with Gasteiger partial charge < -0.3 is 27.8 Å². The topological polar surface area (TPSA) is 229 Å². The van der Waals surface area contributed by atoms with Gasteiger partial charge in [-0.05, 0) is 90.6 Å². The van der Waals surface area contributed by atoms with Gasteiger partial charge in [-0.1, -0.05) is 68.2 Å². The first kappa shape index (κ1) is 53.5. The van der Waals surface area contributed by atoms with Crippen LogP contribution in [0.5, 0.6) is 23.0 Å². The third-order valence-corrected chi connectivity index (χ3v) is 13.7. The summed E-state index contributed by atoms with van der Waals surface area (Å²) in [6, 6.07) is 23.9. The van der Waals surface area contributed by atoms with Crippen LogP contribution in [0, 0.1) is 22.7 Å². The lowest BCUT2D eigenvalue weighted by atomic mass is 9.70. The Morgan fingerprint density at radius 2 is 1.30 bits per heavy atom. The minimum atomic E-state index is -3.67. The number of nitrogens with one attached hydrogen (secondary N) is 2. The van der Waals surface area contributed by atoms with E-state index in [0.717, 1.165) is 22.9 Å². The summed E-state index contributed by atoms with van der Waals surface area (Å²) in [4.78, 5) is 8.40. The second kappa shape index (κ2) is 22.5. The summed E-state index contributed by atoms with van der Waals surface area (Å²) in [7, 11) is -7.28. The number of hydrogen-bond acceptors (Lipinski definition) is 14. The summed E-state index contributed by atoms with van der Waals surface area (Å²) in [5.41, 5.74) is 2.91. The van der Waals surface area contributed by atoms with Gasteiger partial charge >= 0.3 is 12.0 Å². The highest BCUT2D eigenvalue weighted by Gasteiger charge is 2.34. The van der Waals surface area contributed by atoms with Crippen molar-refractivity contribution in [2.45, 2.75) is 70.5 Å². The molecule has 2 heterocycles. The van der Waals surface area contributed by atoms with Gasteiger partial charge in [-0.2, -0.15) is 20.5 Å². The number of oxazole rings is 2. The molecule has 0 aliphatic carbocycles. The lowest BCUT2D eigenvalue weighted by Gasteiger charge is -2.34. The smallest absolute Gasteiger partial charge is 0.308 e. The summed E-state index contributed by atoms with van der Waals surface area (Å²) < 4.78 is 87.1. The SMILES string of the molecule is CCS(=O)(=O)Nc1nc(COc2ccc(C(C)(C)c3cc(Cl)c(OCCCl)c(C#N)c3)cc2CC(C)(c2ccc(OCc3coc(NS(C)(=O)=O)n3)cc2)c2cc(Cl)c(OCC(C)Cl)c(C#N)c2)co1. The normalized spacial score (nSPS) is 13.1. The first-order valence-corrected chi connectivity index (χ1v) is 26.7. The highest BCUT2D eigenvalue weighted by atomic mass is 35.5. The predicted molar refractivity (Wildman–Crippen MR) is 268 cm³/mol. The molecule has 2 aromatic heterocycles. The number of hydrogen-bond donors (Lipinski definition) is 2. The molecule has 2 N–H and O–H groups in total. The van der Waals surface area contributed by atoms with Crippen LogP contribution < -0.4 is 28.4 Å². The molecule has 2 atom stereocenters. The number of aromatic nitrogens is 2. The molecular weight excluding hydrogens is 1030 g/mol. The number of rotatable bonds is 23. The van der Waals surface area contributed by atoms with Gasteiger partial charge in [0.15, 0.2) is 11.5 Å². The fraction of sp³-hybridized carbons (Fsp3) is 0.333.